The van der Waals surface area contributed by atoms with Crippen molar-refractivity contribution in [2.75, 3.05) is 31.6 Å². The van der Waals surface area contributed by atoms with Gasteiger partial charge in [-0.15, -0.1) is 0 Å². The summed E-state index contributed by atoms with van der Waals surface area (Å²) in [4.78, 5) is 22.2. The minimum atomic E-state index is -4.43. The molecule has 2 heterocycles. The smallest absolute Gasteiger partial charge is 0.416 e. The van der Waals surface area contributed by atoms with Gasteiger partial charge in [0.2, 0.25) is 11.8 Å². The molecule has 1 aromatic carbocycles. The molecule has 0 radical (unpaired) electrons. The zero-order chi connectivity index (χ0) is 20.0. The highest BCUT2D eigenvalue weighted by molar-refractivity contribution is 5.92. The van der Waals surface area contributed by atoms with Crippen LogP contribution >= 0.6 is 0 Å². The van der Waals surface area contributed by atoms with Gasteiger partial charge in [-0.25, -0.2) is 4.98 Å². The van der Waals surface area contributed by atoms with Crippen LogP contribution in [0.5, 0.6) is 5.88 Å². The van der Waals surface area contributed by atoms with E-state index in [1.165, 1.54) is 12.1 Å². The predicted molar refractivity (Wildman–Crippen MR) is 96.8 cm³/mol. The largest absolute Gasteiger partial charge is 0.476 e. The molecule has 0 spiro atoms. The highest BCUT2D eigenvalue weighted by Crippen LogP contribution is 2.30. The number of hydrogen-bond donors (Lipinski definition) is 1. The number of nitrogens with zero attached hydrogens (tertiary/aromatic N) is 3. The first kappa shape index (κ1) is 20.1. The molecular formula is C19H21F3N4O2. The fraction of sp³-hybridized carbons (Fsp3) is 0.421. The summed E-state index contributed by atoms with van der Waals surface area (Å²) in [7, 11) is 0. The Bertz CT molecular complexity index is 778. The molecule has 1 fully saturated rings. The van der Waals surface area contributed by atoms with Gasteiger partial charge in [-0.2, -0.15) is 13.2 Å². The molecule has 1 N–H and O–H groups in total. The Balaban J connectivity index is 1.41. The van der Waals surface area contributed by atoms with Gasteiger partial charge in [0, 0.05) is 18.1 Å². The summed E-state index contributed by atoms with van der Waals surface area (Å²) in [5.41, 5.74) is -0.638. The standard InChI is InChI=1S/C19H21F3N4O2/c20-19(21,22)15-2-1-3-16(10-15)25-17(27)12-26-8-4-14(5-9-26)13-28-18-11-23-6-7-24-18/h1-3,6-7,10-11,14H,4-5,8-9,12-13H2,(H,25,27). The Hall–Kier alpha value is -2.68. The lowest BCUT2D eigenvalue weighted by atomic mass is 9.98. The van der Waals surface area contributed by atoms with Crippen molar-refractivity contribution in [3.05, 3.63) is 48.4 Å². The number of aromatic nitrogens is 2. The van der Waals surface area contributed by atoms with E-state index in [0.29, 0.717) is 18.4 Å². The Labute approximate surface area is 160 Å². The molecule has 28 heavy (non-hydrogen) atoms. The van der Waals surface area contributed by atoms with Gasteiger partial charge in [0.15, 0.2) is 0 Å². The van der Waals surface area contributed by atoms with Gasteiger partial charge in [-0.05, 0) is 50.0 Å². The van der Waals surface area contributed by atoms with Crippen LogP contribution in [0.3, 0.4) is 0 Å². The number of benzene rings is 1. The zero-order valence-corrected chi connectivity index (χ0v) is 15.2. The van der Waals surface area contributed by atoms with E-state index in [-0.39, 0.29) is 18.1 Å². The van der Waals surface area contributed by atoms with E-state index in [4.69, 9.17) is 4.74 Å². The number of carbonyl (C=O) groups excluding carboxylic acids is 1. The quantitative estimate of drug-likeness (QED) is 0.815. The summed E-state index contributed by atoms with van der Waals surface area (Å²) in [5.74, 6) is 0.531. The number of amides is 1. The highest BCUT2D eigenvalue weighted by Gasteiger charge is 2.30. The molecule has 0 unspecified atom stereocenters. The number of anilines is 1. The molecule has 2 aromatic rings. The summed E-state index contributed by atoms with van der Waals surface area (Å²) in [6.07, 6.45) is 2.02. The van der Waals surface area contributed by atoms with Gasteiger partial charge in [-0.3, -0.25) is 14.7 Å². The molecule has 0 aliphatic carbocycles. The van der Waals surface area contributed by atoms with Crippen LogP contribution in [0.25, 0.3) is 0 Å². The van der Waals surface area contributed by atoms with Crippen molar-refractivity contribution in [3.8, 4) is 5.88 Å². The third-order valence-corrected chi connectivity index (χ3v) is 4.55. The van der Waals surface area contributed by atoms with Gasteiger partial charge in [-0.1, -0.05) is 6.07 Å². The van der Waals surface area contributed by atoms with E-state index < -0.39 is 11.7 Å². The average molecular weight is 394 g/mol. The summed E-state index contributed by atoms with van der Waals surface area (Å²) in [6.45, 7) is 2.14. The van der Waals surface area contributed by atoms with Crippen LogP contribution in [-0.4, -0.2) is 47.0 Å². The first-order valence-electron chi connectivity index (χ1n) is 8.98. The number of piperidine rings is 1. The number of ether oxygens (including phenoxy) is 1. The SMILES string of the molecule is O=C(CN1CCC(COc2cnccn2)CC1)Nc1cccc(C(F)(F)F)c1. The second kappa shape index (κ2) is 9.01. The predicted octanol–water partition coefficient (Wildman–Crippen LogP) is 3.22. The Morgan fingerprint density at radius 2 is 2.04 bits per heavy atom. The molecule has 0 bridgehead atoms. The Morgan fingerprint density at radius 3 is 2.71 bits per heavy atom. The minimum absolute atomic E-state index is 0.145. The molecule has 1 amide bonds. The van der Waals surface area contributed by atoms with Gasteiger partial charge < -0.3 is 10.1 Å². The lowest BCUT2D eigenvalue weighted by Gasteiger charge is -2.31. The van der Waals surface area contributed by atoms with Crippen molar-refractivity contribution < 1.29 is 22.7 Å². The number of nitrogens with one attached hydrogen (secondary N) is 1. The molecule has 1 saturated heterocycles. The van der Waals surface area contributed by atoms with Crippen LogP contribution in [0.4, 0.5) is 18.9 Å². The topological polar surface area (TPSA) is 67.4 Å². The molecular weight excluding hydrogens is 373 g/mol. The molecule has 6 nitrogen and oxygen atoms in total. The molecule has 0 saturated carbocycles. The Morgan fingerprint density at radius 1 is 1.25 bits per heavy atom. The number of rotatable bonds is 6. The van der Waals surface area contributed by atoms with Crippen LogP contribution in [0.15, 0.2) is 42.9 Å². The number of alkyl halides is 3. The van der Waals surface area contributed by atoms with E-state index >= 15 is 0 Å². The van der Waals surface area contributed by atoms with Crippen molar-refractivity contribution in [3.63, 3.8) is 0 Å². The lowest BCUT2D eigenvalue weighted by Crippen LogP contribution is -2.40. The molecule has 1 aliphatic rings. The fourth-order valence-electron chi connectivity index (χ4n) is 3.05. The molecule has 150 valence electrons. The van der Waals surface area contributed by atoms with E-state index in [1.807, 2.05) is 4.90 Å². The number of halogens is 3. The third-order valence-electron chi connectivity index (χ3n) is 4.55. The third kappa shape index (κ3) is 5.91. The van der Waals surface area contributed by atoms with Crippen molar-refractivity contribution >= 4 is 11.6 Å². The van der Waals surface area contributed by atoms with Crippen molar-refractivity contribution in [1.82, 2.24) is 14.9 Å². The first-order valence-corrected chi connectivity index (χ1v) is 8.98. The second-order valence-electron chi connectivity index (χ2n) is 6.70. The maximum absolute atomic E-state index is 12.7. The van der Waals surface area contributed by atoms with Crippen LogP contribution in [-0.2, 0) is 11.0 Å². The first-order chi connectivity index (χ1) is 13.4. The minimum Gasteiger partial charge on any atom is -0.476 e. The molecule has 1 aromatic heterocycles. The maximum Gasteiger partial charge on any atom is 0.416 e. The van der Waals surface area contributed by atoms with Crippen molar-refractivity contribution in [2.45, 2.75) is 19.0 Å². The van der Waals surface area contributed by atoms with Gasteiger partial charge >= 0.3 is 6.18 Å². The van der Waals surface area contributed by atoms with Crippen LogP contribution in [0.1, 0.15) is 18.4 Å². The molecule has 0 atom stereocenters. The zero-order valence-electron chi connectivity index (χ0n) is 15.2. The van der Waals surface area contributed by atoms with Crippen molar-refractivity contribution in [2.24, 2.45) is 5.92 Å². The van der Waals surface area contributed by atoms with E-state index in [9.17, 15) is 18.0 Å². The van der Waals surface area contributed by atoms with E-state index in [1.54, 1.807) is 18.6 Å². The summed E-state index contributed by atoms with van der Waals surface area (Å²) in [5, 5.41) is 2.54. The summed E-state index contributed by atoms with van der Waals surface area (Å²) < 4.78 is 43.9. The summed E-state index contributed by atoms with van der Waals surface area (Å²) in [6, 6.07) is 4.64. The van der Waals surface area contributed by atoms with Crippen LogP contribution in [0, 0.1) is 5.92 Å². The van der Waals surface area contributed by atoms with E-state index in [0.717, 1.165) is 38.1 Å². The van der Waals surface area contributed by atoms with Gasteiger partial charge in [0.1, 0.15) is 0 Å². The second-order valence-corrected chi connectivity index (χ2v) is 6.70. The number of hydrogen-bond acceptors (Lipinski definition) is 5. The van der Waals surface area contributed by atoms with E-state index in [2.05, 4.69) is 15.3 Å². The molecule has 3 rings (SSSR count). The average Bonchev–Trinajstić information content (AvgIpc) is 2.68. The maximum atomic E-state index is 12.7. The Kier molecular flexibility index (Phi) is 6.45. The van der Waals surface area contributed by atoms with Crippen LogP contribution in [0.2, 0.25) is 0 Å². The monoisotopic (exact) mass is 394 g/mol. The molecule has 9 heteroatoms. The number of carbonyl (C=O) groups is 1. The lowest BCUT2D eigenvalue weighted by molar-refractivity contribution is -0.137. The highest BCUT2D eigenvalue weighted by atomic mass is 19.4. The fourth-order valence-corrected chi connectivity index (χ4v) is 3.05. The molecule has 1 aliphatic heterocycles. The van der Waals surface area contributed by atoms with Crippen LogP contribution < -0.4 is 10.1 Å². The van der Waals surface area contributed by atoms with Gasteiger partial charge in [0.05, 0.1) is 24.9 Å². The van der Waals surface area contributed by atoms with Crippen molar-refractivity contribution in [1.29, 1.82) is 0 Å². The summed E-state index contributed by atoms with van der Waals surface area (Å²) >= 11 is 0. The van der Waals surface area contributed by atoms with Gasteiger partial charge in [0.25, 0.3) is 0 Å². The normalized spacial score (nSPS) is 16.0. The number of likely N-dealkylation sites (tertiary alicyclic amines) is 1.